The van der Waals surface area contributed by atoms with Crippen LogP contribution in [0.4, 0.5) is 4.39 Å². The number of amides is 1. The van der Waals surface area contributed by atoms with Gasteiger partial charge < -0.3 is 9.47 Å². The third-order valence-corrected chi connectivity index (χ3v) is 5.01. The van der Waals surface area contributed by atoms with Gasteiger partial charge in [-0.2, -0.15) is 0 Å². The van der Waals surface area contributed by atoms with Gasteiger partial charge in [0.2, 0.25) is 5.91 Å². The van der Waals surface area contributed by atoms with Gasteiger partial charge in [0.1, 0.15) is 24.8 Å². The Labute approximate surface area is 155 Å². The topological polar surface area (TPSA) is 55.8 Å². The molecule has 0 radical (unpaired) electrons. The van der Waals surface area contributed by atoms with Crippen LogP contribution in [0.3, 0.4) is 0 Å². The fourth-order valence-corrected chi connectivity index (χ4v) is 3.82. The molecule has 0 N–H and O–H groups in total. The summed E-state index contributed by atoms with van der Waals surface area (Å²) in [4.78, 5) is 25.0. The summed E-state index contributed by atoms with van der Waals surface area (Å²) in [5.74, 6) is -1.20. The molecule has 8 heteroatoms. The van der Waals surface area contributed by atoms with Gasteiger partial charge in [0.15, 0.2) is 5.70 Å². The highest BCUT2D eigenvalue weighted by molar-refractivity contribution is 8.00. The first-order chi connectivity index (χ1) is 11.6. The molecule has 1 unspecified atom stereocenters. The molecular weight excluding hydrogens is 369 g/mol. The van der Waals surface area contributed by atoms with Crippen LogP contribution in [0.25, 0.3) is 0 Å². The van der Waals surface area contributed by atoms with Crippen LogP contribution in [0.15, 0.2) is 54.5 Å². The summed E-state index contributed by atoms with van der Waals surface area (Å²) in [6.45, 7) is 3.47. The van der Waals surface area contributed by atoms with E-state index in [2.05, 4.69) is 6.58 Å². The van der Waals surface area contributed by atoms with Gasteiger partial charge in [-0.25, -0.2) is 9.18 Å². The standard InChI is InChI=1S/C17H16FNO4S.ClH/c1-2-8-22-17(21)16-15(18)12(24-14-9-13(20)19(14)16)10-23-11-6-4-3-5-7-11;/h2-7,12,14H,1,8-10H2;1H/t12?,14-;/m1./s1. The molecule has 134 valence electrons. The number of carbonyl (C=O) groups is 2. The maximum Gasteiger partial charge on any atom is 0.358 e. The summed E-state index contributed by atoms with van der Waals surface area (Å²) in [5.41, 5.74) is -0.307. The zero-order chi connectivity index (χ0) is 17.1. The molecule has 0 saturated carbocycles. The maximum atomic E-state index is 14.8. The Morgan fingerprint density at radius 2 is 2.12 bits per heavy atom. The van der Waals surface area contributed by atoms with Crippen molar-refractivity contribution in [1.29, 1.82) is 0 Å². The number of esters is 1. The Kier molecular flexibility index (Phi) is 6.50. The molecule has 0 aromatic heterocycles. The van der Waals surface area contributed by atoms with E-state index in [4.69, 9.17) is 9.47 Å². The van der Waals surface area contributed by atoms with Crippen molar-refractivity contribution in [2.24, 2.45) is 0 Å². The molecule has 0 bridgehead atoms. The van der Waals surface area contributed by atoms with Gasteiger partial charge in [-0.3, -0.25) is 9.69 Å². The van der Waals surface area contributed by atoms with Crippen LogP contribution in [0.5, 0.6) is 5.75 Å². The first-order valence-corrected chi connectivity index (χ1v) is 8.39. The highest BCUT2D eigenvalue weighted by Gasteiger charge is 2.49. The fourth-order valence-electron chi connectivity index (χ4n) is 2.48. The normalized spacial score (nSPS) is 21.6. The number of benzene rings is 1. The third-order valence-electron chi connectivity index (χ3n) is 3.65. The van der Waals surface area contributed by atoms with Gasteiger partial charge in [-0.05, 0) is 12.1 Å². The second-order valence-electron chi connectivity index (χ2n) is 5.25. The average Bonchev–Trinajstić information content (AvgIpc) is 2.59. The van der Waals surface area contributed by atoms with E-state index in [0.717, 1.165) is 0 Å². The minimum Gasteiger partial charge on any atom is -0.492 e. The lowest BCUT2D eigenvalue weighted by molar-refractivity contribution is -0.149. The molecule has 1 saturated heterocycles. The van der Waals surface area contributed by atoms with Crippen molar-refractivity contribution in [3.05, 3.63) is 54.5 Å². The summed E-state index contributed by atoms with van der Waals surface area (Å²) >= 11 is 1.28. The molecule has 1 amide bonds. The molecule has 0 aliphatic carbocycles. The van der Waals surface area contributed by atoms with Crippen molar-refractivity contribution in [2.45, 2.75) is 17.0 Å². The number of nitrogens with zero attached hydrogens (tertiary/aromatic N) is 1. The van der Waals surface area contributed by atoms with Crippen molar-refractivity contribution in [2.75, 3.05) is 13.2 Å². The van der Waals surface area contributed by atoms with Crippen molar-refractivity contribution >= 4 is 36.0 Å². The summed E-state index contributed by atoms with van der Waals surface area (Å²) in [7, 11) is 0. The monoisotopic (exact) mass is 385 g/mol. The number of rotatable bonds is 6. The number of hydrogen-bond acceptors (Lipinski definition) is 5. The highest BCUT2D eigenvalue weighted by Crippen LogP contribution is 2.44. The lowest BCUT2D eigenvalue weighted by Gasteiger charge is -2.45. The SMILES string of the molecule is C=CCOC(=O)C1=C(F)C(COc2ccccc2)S[C@@H]2CC(=O)N12.Cl. The third kappa shape index (κ3) is 3.99. The second-order valence-corrected chi connectivity index (χ2v) is 6.64. The summed E-state index contributed by atoms with van der Waals surface area (Å²) in [6.07, 6.45) is 1.66. The van der Waals surface area contributed by atoms with Gasteiger partial charge >= 0.3 is 5.97 Å². The van der Waals surface area contributed by atoms with Gasteiger partial charge in [0.05, 0.1) is 17.0 Å². The number of carbonyl (C=O) groups excluding carboxylic acids is 2. The zero-order valence-corrected chi connectivity index (χ0v) is 14.9. The largest absolute Gasteiger partial charge is 0.492 e. The van der Waals surface area contributed by atoms with E-state index in [9.17, 15) is 14.0 Å². The lowest BCUT2D eigenvalue weighted by atomic mass is 10.1. The van der Waals surface area contributed by atoms with E-state index < -0.39 is 17.0 Å². The molecule has 3 rings (SSSR count). The number of thioether (sulfide) groups is 1. The lowest BCUT2D eigenvalue weighted by Crippen LogP contribution is -2.55. The van der Waals surface area contributed by atoms with Gasteiger partial charge in [0.25, 0.3) is 0 Å². The molecule has 1 aromatic carbocycles. The number of halogens is 2. The molecule has 2 aliphatic heterocycles. The number of ether oxygens (including phenoxy) is 2. The molecule has 2 atom stereocenters. The molecule has 2 aliphatic rings. The van der Waals surface area contributed by atoms with Crippen LogP contribution in [0.1, 0.15) is 6.42 Å². The number of fused-ring (bicyclic) bond motifs is 1. The van der Waals surface area contributed by atoms with Crippen molar-refractivity contribution in [3.8, 4) is 5.75 Å². The molecule has 5 nitrogen and oxygen atoms in total. The first-order valence-electron chi connectivity index (χ1n) is 7.45. The first kappa shape index (κ1) is 19.3. The van der Waals surface area contributed by atoms with Crippen LogP contribution in [-0.4, -0.2) is 40.6 Å². The molecule has 1 aromatic rings. The molecule has 2 heterocycles. The van der Waals surface area contributed by atoms with Gasteiger partial charge in [-0.1, -0.05) is 30.9 Å². The second kappa shape index (κ2) is 8.40. The summed E-state index contributed by atoms with van der Waals surface area (Å²) < 4.78 is 25.3. The Morgan fingerprint density at radius 1 is 1.40 bits per heavy atom. The smallest absolute Gasteiger partial charge is 0.358 e. The van der Waals surface area contributed by atoms with Crippen molar-refractivity contribution < 1.29 is 23.5 Å². The van der Waals surface area contributed by atoms with Crippen LogP contribution in [0, 0.1) is 0 Å². The van der Waals surface area contributed by atoms with E-state index in [1.807, 2.05) is 18.2 Å². The number of para-hydroxylation sites is 1. The van der Waals surface area contributed by atoms with E-state index >= 15 is 0 Å². The van der Waals surface area contributed by atoms with E-state index in [0.29, 0.717) is 5.75 Å². The summed E-state index contributed by atoms with van der Waals surface area (Å²) in [5, 5.41) is -0.918. The van der Waals surface area contributed by atoms with E-state index in [1.165, 1.54) is 22.7 Å². The van der Waals surface area contributed by atoms with Crippen molar-refractivity contribution in [3.63, 3.8) is 0 Å². The van der Waals surface area contributed by atoms with Crippen LogP contribution in [-0.2, 0) is 14.3 Å². The van der Waals surface area contributed by atoms with E-state index in [-0.39, 0.29) is 49.0 Å². The Morgan fingerprint density at radius 3 is 2.76 bits per heavy atom. The fraction of sp³-hybridized carbons (Fsp3) is 0.294. The Bertz CT molecular complexity index is 697. The predicted octanol–water partition coefficient (Wildman–Crippen LogP) is 3.07. The minimum atomic E-state index is -0.851. The molecule has 1 fully saturated rings. The predicted molar refractivity (Wildman–Crippen MR) is 95.1 cm³/mol. The van der Waals surface area contributed by atoms with Gasteiger partial charge in [-0.15, -0.1) is 24.2 Å². The quantitative estimate of drug-likeness (QED) is 0.428. The molecule has 0 spiro atoms. The Hall–Kier alpha value is -1.99. The van der Waals surface area contributed by atoms with Crippen LogP contribution < -0.4 is 4.74 Å². The van der Waals surface area contributed by atoms with Crippen molar-refractivity contribution in [1.82, 2.24) is 4.90 Å². The minimum absolute atomic E-state index is 0. The molecular formula is C17H17ClFNO4S. The maximum absolute atomic E-state index is 14.8. The van der Waals surface area contributed by atoms with E-state index in [1.54, 1.807) is 12.1 Å². The average molecular weight is 386 g/mol. The van der Waals surface area contributed by atoms with Crippen LogP contribution in [0.2, 0.25) is 0 Å². The Balaban J connectivity index is 0.00000225. The summed E-state index contributed by atoms with van der Waals surface area (Å²) in [6, 6.07) is 9.04. The zero-order valence-electron chi connectivity index (χ0n) is 13.2. The highest BCUT2D eigenvalue weighted by atomic mass is 35.5. The van der Waals surface area contributed by atoms with Crippen LogP contribution >= 0.6 is 24.2 Å². The number of β-lactam (4-membered cyclic amide) rings is 1. The molecule has 25 heavy (non-hydrogen) atoms. The number of hydrogen-bond donors (Lipinski definition) is 0. The van der Waals surface area contributed by atoms with Gasteiger partial charge in [0, 0.05) is 0 Å².